The SMILES string of the molecule is CCCOC(=O)c1cc2c(cn1)[nH]c1ccc(F)cc12. The zero-order valence-electron chi connectivity index (χ0n) is 10.9. The first-order valence-corrected chi connectivity index (χ1v) is 6.43. The Morgan fingerprint density at radius 3 is 2.90 bits per heavy atom. The standard InChI is InChI=1S/C15H13FN2O2/c1-2-5-20-15(19)13-7-11-10-6-9(16)3-4-12(10)18-14(11)8-17-13/h3-4,6-8,18H,2,5H2,1H3. The van der Waals surface area contributed by atoms with Gasteiger partial charge in [0.05, 0.1) is 18.3 Å². The van der Waals surface area contributed by atoms with Gasteiger partial charge in [0.25, 0.3) is 0 Å². The van der Waals surface area contributed by atoms with Gasteiger partial charge in [0.15, 0.2) is 0 Å². The van der Waals surface area contributed by atoms with E-state index in [0.717, 1.165) is 28.2 Å². The highest BCUT2D eigenvalue weighted by molar-refractivity contribution is 6.08. The zero-order valence-corrected chi connectivity index (χ0v) is 10.9. The molecular weight excluding hydrogens is 259 g/mol. The van der Waals surface area contributed by atoms with Crippen molar-refractivity contribution in [2.24, 2.45) is 0 Å². The lowest BCUT2D eigenvalue weighted by atomic mass is 10.1. The molecule has 3 aromatic rings. The predicted molar refractivity (Wildman–Crippen MR) is 74.1 cm³/mol. The summed E-state index contributed by atoms with van der Waals surface area (Å²) in [5.74, 6) is -0.773. The number of hydrogen-bond acceptors (Lipinski definition) is 3. The van der Waals surface area contributed by atoms with Gasteiger partial charge in [-0.15, -0.1) is 0 Å². The van der Waals surface area contributed by atoms with E-state index in [9.17, 15) is 9.18 Å². The quantitative estimate of drug-likeness (QED) is 0.743. The maximum atomic E-state index is 13.3. The van der Waals surface area contributed by atoms with Crippen LogP contribution in [0.2, 0.25) is 0 Å². The van der Waals surface area contributed by atoms with Crippen LogP contribution in [-0.2, 0) is 4.74 Å². The van der Waals surface area contributed by atoms with Crippen LogP contribution < -0.4 is 0 Å². The number of benzene rings is 1. The normalized spacial score (nSPS) is 11.1. The number of esters is 1. The van der Waals surface area contributed by atoms with Crippen LogP contribution in [0.1, 0.15) is 23.8 Å². The fourth-order valence-electron chi connectivity index (χ4n) is 2.15. The van der Waals surface area contributed by atoms with E-state index in [1.807, 2.05) is 6.92 Å². The maximum absolute atomic E-state index is 13.3. The minimum atomic E-state index is -0.459. The molecule has 0 saturated carbocycles. The monoisotopic (exact) mass is 272 g/mol. The zero-order chi connectivity index (χ0) is 14.1. The Bertz CT molecular complexity index is 795. The van der Waals surface area contributed by atoms with Crippen LogP contribution in [0.3, 0.4) is 0 Å². The fraction of sp³-hybridized carbons (Fsp3) is 0.200. The molecule has 2 heterocycles. The Hall–Kier alpha value is -2.43. The van der Waals surface area contributed by atoms with Crippen molar-refractivity contribution in [3.8, 4) is 0 Å². The topological polar surface area (TPSA) is 55.0 Å². The number of hydrogen-bond donors (Lipinski definition) is 1. The number of aromatic amines is 1. The Morgan fingerprint density at radius 2 is 2.10 bits per heavy atom. The summed E-state index contributed by atoms with van der Waals surface area (Å²) in [6.45, 7) is 2.29. The molecule has 102 valence electrons. The molecule has 0 radical (unpaired) electrons. The largest absolute Gasteiger partial charge is 0.461 e. The maximum Gasteiger partial charge on any atom is 0.356 e. The number of nitrogens with zero attached hydrogens (tertiary/aromatic N) is 1. The minimum absolute atomic E-state index is 0.233. The number of ether oxygens (including phenoxy) is 1. The minimum Gasteiger partial charge on any atom is -0.461 e. The van der Waals surface area contributed by atoms with E-state index in [4.69, 9.17) is 4.74 Å². The van der Waals surface area contributed by atoms with Crippen LogP contribution in [0.15, 0.2) is 30.5 Å². The second kappa shape index (κ2) is 4.92. The van der Waals surface area contributed by atoms with Gasteiger partial charge in [-0.3, -0.25) is 0 Å². The molecule has 0 aliphatic carbocycles. The van der Waals surface area contributed by atoms with Crippen molar-refractivity contribution >= 4 is 27.8 Å². The summed E-state index contributed by atoms with van der Waals surface area (Å²) in [7, 11) is 0. The van der Waals surface area contributed by atoms with Crippen LogP contribution in [0.4, 0.5) is 4.39 Å². The number of carbonyl (C=O) groups excluding carboxylic acids is 1. The average Bonchev–Trinajstić information content (AvgIpc) is 2.82. The third-order valence-electron chi connectivity index (χ3n) is 3.09. The second-order valence-corrected chi connectivity index (χ2v) is 4.57. The molecule has 3 rings (SSSR count). The number of pyridine rings is 1. The number of carbonyl (C=O) groups is 1. The number of aromatic nitrogens is 2. The molecule has 0 bridgehead atoms. The Morgan fingerprint density at radius 1 is 1.30 bits per heavy atom. The molecule has 0 aliphatic rings. The summed E-state index contributed by atoms with van der Waals surface area (Å²) in [6, 6.07) is 6.13. The number of H-pyrrole nitrogens is 1. The summed E-state index contributed by atoms with van der Waals surface area (Å²) in [4.78, 5) is 19.0. The van der Waals surface area contributed by atoms with Gasteiger partial charge in [-0.1, -0.05) is 6.92 Å². The molecule has 2 aromatic heterocycles. The molecule has 0 saturated heterocycles. The van der Waals surface area contributed by atoms with E-state index in [-0.39, 0.29) is 11.5 Å². The van der Waals surface area contributed by atoms with Gasteiger partial charge in [-0.2, -0.15) is 0 Å². The van der Waals surface area contributed by atoms with Crippen LogP contribution in [0.5, 0.6) is 0 Å². The first kappa shape index (κ1) is 12.6. The molecule has 0 unspecified atom stereocenters. The molecule has 4 nitrogen and oxygen atoms in total. The first-order valence-electron chi connectivity index (χ1n) is 6.43. The van der Waals surface area contributed by atoms with Crippen LogP contribution in [0, 0.1) is 5.82 Å². The molecular formula is C15H13FN2O2. The molecule has 1 aromatic carbocycles. The molecule has 0 fully saturated rings. The van der Waals surface area contributed by atoms with Gasteiger partial charge in [0.1, 0.15) is 11.5 Å². The fourth-order valence-corrected chi connectivity index (χ4v) is 2.15. The van der Waals surface area contributed by atoms with E-state index in [0.29, 0.717) is 6.61 Å². The molecule has 0 spiro atoms. The van der Waals surface area contributed by atoms with E-state index >= 15 is 0 Å². The predicted octanol–water partition coefficient (Wildman–Crippen LogP) is 3.42. The third kappa shape index (κ3) is 2.11. The summed E-state index contributed by atoms with van der Waals surface area (Å²) >= 11 is 0. The smallest absolute Gasteiger partial charge is 0.356 e. The second-order valence-electron chi connectivity index (χ2n) is 4.57. The van der Waals surface area contributed by atoms with Gasteiger partial charge >= 0.3 is 5.97 Å². The van der Waals surface area contributed by atoms with Gasteiger partial charge in [0, 0.05) is 16.3 Å². The van der Waals surface area contributed by atoms with Gasteiger partial charge in [-0.25, -0.2) is 14.2 Å². The van der Waals surface area contributed by atoms with Crippen molar-refractivity contribution in [1.82, 2.24) is 9.97 Å². The Kier molecular flexibility index (Phi) is 3.10. The average molecular weight is 272 g/mol. The lowest BCUT2D eigenvalue weighted by Gasteiger charge is -2.02. The molecule has 0 aliphatic heterocycles. The summed E-state index contributed by atoms with van der Waals surface area (Å²) < 4.78 is 18.4. The highest BCUT2D eigenvalue weighted by Crippen LogP contribution is 2.26. The lowest BCUT2D eigenvalue weighted by molar-refractivity contribution is 0.0498. The number of halogens is 1. The lowest BCUT2D eigenvalue weighted by Crippen LogP contribution is -2.07. The van der Waals surface area contributed by atoms with Crippen molar-refractivity contribution in [1.29, 1.82) is 0 Å². The van der Waals surface area contributed by atoms with E-state index in [2.05, 4.69) is 9.97 Å². The third-order valence-corrected chi connectivity index (χ3v) is 3.09. The molecule has 0 atom stereocenters. The van der Waals surface area contributed by atoms with Crippen LogP contribution in [-0.4, -0.2) is 22.5 Å². The summed E-state index contributed by atoms with van der Waals surface area (Å²) in [5, 5.41) is 1.49. The van der Waals surface area contributed by atoms with Crippen molar-refractivity contribution in [3.05, 3.63) is 42.0 Å². The number of fused-ring (bicyclic) bond motifs is 3. The molecule has 20 heavy (non-hydrogen) atoms. The molecule has 1 N–H and O–H groups in total. The van der Waals surface area contributed by atoms with E-state index in [1.165, 1.54) is 12.1 Å². The molecule has 0 amide bonds. The number of nitrogens with one attached hydrogen (secondary N) is 1. The van der Waals surface area contributed by atoms with Crippen molar-refractivity contribution in [2.45, 2.75) is 13.3 Å². The van der Waals surface area contributed by atoms with Gasteiger partial charge in [0.2, 0.25) is 0 Å². The van der Waals surface area contributed by atoms with Gasteiger partial charge < -0.3 is 9.72 Å². The Labute approximate surface area is 114 Å². The van der Waals surface area contributed by atoms with E-state index in [1.54, 1.807) is 18.3 Å². The number of rotatable bonds is 3. The highest BCUT2D eigenvalue weighted by Gasteiger charge is 2.12. The van der Waals surface area contributed by atoms with Crippen LogP contribution >= 0.6 is 0 Å². The first-order chi connectivity index (χ1) is 9.69. The van der Waals surface area contributed by atoms with Crippen molar-refractivity contribution < 1.29 is 13.9 Å². The summed E-state index contributed by atoms with van der Waals surface area (Å²) in [5.41, 5.74) is 1.80. The summed E-state index contributed by atoms with van der Waals surface area (Å²) in [6.07, 6.45) is 2.32. The van der Waals surface area contributed by atoms with E-state index < -0.39 is 5.97 Å². The van der Waals surface area contributed by atoms with Crippen LogP contribution in [0.25, 0.3) is 21.8 Å². The van der Waals surface area contributed by atoms with Gasteiger partial charge in [-0.05, 0) is 30.7 Å². The van der Waals surface area contributed by atoms with Crippen molar-refractivity contribution in [3.63, 3.8) is 0 Å². The highest BCUT2D eigenvalue weighted by atomic mass is 19.1. The molecule has 5 heteroatoms. The Balaban J connectivity index is 2.11. The van der Waals surface area contributed by atoms with Crippen molar-refractivity contribution in [2.75, 3.05) is 6.61 Å².